The molecule has 1 unspecified atom stereocenters. The second kappa shape index (κ2) is 8.03. The predicted molar refractivity (Wildman–Crippen MR) is 105 cm³/mol. The zero-order valence-electron chi connectivity index (χ0n) is 16.4. The van der Waals surface area contributed by atoms with E-state index in [1.165, 1.54) is 18.7 Å². The molecule has 0 saturated carbocycles. The first-order valence-electron chi connectivity index (χ1n) is 9.64. The topological polar surface area (TPSA) is 68.5 Å². The van der Waals surface area contributed by atoms with Crippen molar-refractivity contribution in [1.82, 2.24) is 15.0 Å². The van der Waals surface area contributed by atoms with Gasteiger partial charge in [0.2, 0.25) is 17.6 Å². The molecule has 1 atom stereocenters. The van der Waals surface area contributed by atoms with Crippen LogP contribution in [0.2, 0.25) is 0 Å². The number of aromatic nitrogens is 2. The third-order valence-corrected chi connectivity index (χ3v) is 5.24. The first kappa shape index (κ1) is 19.1. The first-order valence-corrected chi connectivity index (χ1v) is 9.64. The summed E-state index contributed by atoms with van der Waals surface area (Å²) in [6.07, 6.45) is 1.95. The molecule has 1 aromatic heterocycles. The number of benzene rings is 2. The van der Waals surface area contributed by atoms with Crippen molar-refractivity contribution in [1.29, 1.82) is 0 Å². The molecule has 2 heterocycles. The van der Waals surface area contributed by atoms with Gasteiger partial charge in [0.25, 0.3) is 0 Å². The van der Waals surface area contributed by atoms with E-state index in [-0.39, 0.29) is 24.2 Å². The quantitative estimate of drug-likeness (QED) is 0.622. The molecule has 0 N–H and O–H groups in total. The van der Waals surface area contributed by atoms with Gasteiger partial charge in [0, 0.05) is 18.5 Å². The van der Waals surface area contributed by atoms with Gasteiger partial charge in [0.1, 0.15) is 6.04 Å². The lowest BCUT2D eigenvalue weighted by atomic mass is 10.1. The molecule has 0 bridgehead atoms. The van der Waals surface area contributed by atoms with Gasteiger partial charge in [-0.3, -0.25) is 4.79 Å². The molecule has 2 aromatic carbocycles. The van der Waals surface area contributed by atoms with Gasteiger partial charge in [-0.2, -0.15) is 4.98 Å². The van der Waals surface area contributed by atoms with Crippen LogP contribution in [0.15, 0.2) is 47.0 Å². The number of hydrogen-bond donors (Lipinski definition) is 0. The number of aryl methyl sites for hydroxylation is 1. The average Bonchev–Trinajstić information content (AvgIpc) is 3.36. The molecular formula is C22H22FN3O3. The molecule has 0 aliphatic carbocycles. The molecule has 0 radical (unpaired) electrons. The van der Waals surface area contributed by atoms with Crippen LogP contribution in [-0.2, 0) is 17.8 Å². The third kappa shape index (κ3) is 3.85. The number of ether oxygens (including phenoxy) is 1. The number of hydrogen-bond acceptors (Lipinski definition) is 5. The lowest BCUT2D eigenvalue weighted by Gasteiger charge is -2.22. The Morgan fingerprint density at radius 1 is 1.21 bits per heavy atom. The van der Waals surface area contributed by atoms with Gasteiger partial charge in [-0.25, -0.2) is 4.39 Å². The second-order valence-electron chi connectivity index (χ2n) is 7.05. The van der Waals surface area contributed by atoms with Gasteiger partial charge in [-0.1, -0.05) is 42.4 Å². The first-order chi connectivity index (χ1) is 14.1. The van der Waals surface area contributed by atoms with Crippen molar-refractivity contribution in [2.24, 2.45) is 0 Å². The SMILES string of the molecule is CCc1ccc(-c2noc(C3CCC(=O)N3Cc3ccc(OC)c(F)c3)n2)cc1. The Kier molecular flexibility index (Phi) is 5.29. The maximum absolute atomic E-state index is 14.0. The molecule has 4 rings (SSSR count). The fourth-order valence-electron chi connectivity index (χ4n) is 3.57. The van der Waals surface area contributed by atoms with E-state index in [4.69, 9.17) is 9.26 Å². The van der Waals surface area contributed by atoms with E-state index in [0.29, 0.717) is 30.1 Å². The van der Waals surface area contributed by atoms with Gasteiger partial charge >= 0.3 is 0 Å². The molecule has 3 aromatic rings. The Morgan fingerprint density at radius 2 is 1.97 bits per heavy atom. The Morgan fingerprint density at radius 3 is 2.66 bits per heavy atom. The Bertz CT molecular complexity index is 1020. The summed E-state index contributed by atoms with van der Waals surface area (Å²) in [6, 6.07) is 12.4. The minimum absolute atomic E-state index is 0.0155. The molecule has 29 heavy (non-hydrogen) atoms. The summed E-state index contributed by atoms with van der Waals surface area (Å²) in [5.41, 5.74) is 2.78. The summed E-state index contributed by atoms with van der Waals surface area (Å²) in [4.78, 5) is 18.6. The summed E-state index contributed by atoms with van der Waals surface area (Å²) in [7, 11) is 1.42. The summed E-state index contributed by atoms with van der Waals surface area (Å²) < 4.78 is 24.5. The van der Waals surface area contributed by atoms with Crippen LogP contribution in [0.3, 0.4) is 0 Å². The maximum atomic E-state index is 14.0. The summed E-state index contributed by atoms with van der Waals surface area (Å²) in [5.74, 6) is 0.604. The van der Waals surface area contributed by atoms with Crippen LogP contribution < -0.4 is 4.74 Å². The molecule has 1 amide bonds. The number of carbonyl (C=O) groups excluding carboxylic acids is 1. The van der Waals surface area contributed by atoms with E-state index >= 15 is 0 Å². The number of halogens is 1. The zero-order valence-corrected chi connectivity index (χ0v) is 16.4. The van der Waals surface area contributed by atoms with Crippen molar-refractivity contribution < 1.29 is 18.4 Å². The van der Waals surface area contributed by atoms with E-state index in [1.54, 1.807) is 17.0 Å². The Hall–Kier alpha value is -3.22. The normalized spacial score (nSPS) is 16.4. The van der Waals surface area contributed by atoms with Crippen LogP contribution in [0.5, 0.6) is 5.75 Å². The molecule has 7 heteroatoms. The molecule has 6 nitrogen and oxygen atoms in total. The van der Waals surface area contributed by atoms with Gasteiger partial charge in [0.05, 0.1) is 7.11 Å². The van der Waals surface area contributed by atoms with Gasteiger partial charge in [0.15, 0.2) is 11.6 Å². The van der Waals surface area contributed by atoms with Crippen molar-refractivity contribution in [2.75, 3.05) is 7.11 Å². The lowest BCUT2D eigenvalue weighted by molar-refractivity contribution is -0.130. The Balaban J connectivity index is 1.55. The minimum atomic E-state index is -0.455. The highest BCUT2D eigenvalue weighted by atomic mass is 19.1. The van der Waals surface area contributed by atoms with Crippen LogP contribution >= 0.6 is 0 Å². The second-order valence-corrected chi connectivity index (χ2v) is 7.05. The lowest BCUT2D eigenvalue weighted by Crippen LogP contribution is -2.27. The van der Waals surface area contributed by atoms with Gasteiger partial charge in [-0.05, 0) is 36.1 Å². The maximum Gasteiger partial charge on any atom is 0.249 e. The fourth-order valence-corrected chi connectivity index (χ4v) is 3.57. The van der Waals surface area contributed by atoms with Crippen LogP contribution in [0, 0.1) is 5.82 Å². The summed E-state index contributed by atoms with van der Waals surface area (Å²) >= 11 is 0. The van der Waals surface area contributed by atoms with Crippen LogP contribution in [0.4, 0.5) is 4.39 Å². The fraction of sp³-hybridized carbons (Fsp3) is 0.318. The number of methoxy groups -OCH3 is 1. The van der Waals surface area contributed by atoms with E-state index in [9.17, 15) is 9.18 Å². The average molecular weight is 395 g/mol. The number of amides is 1. The number of carbonyl (C=O) groups is 1. The molecule has 0 spiro atoms. The van der Waals surface area contributed by atoms with Crippen molar-refractivity contribution in [3.05, 3.63) is 65.3 Å². The summed E-state index contributed by atoms with van der Waals surface area (Å²) in [6.45, 7) is 2.37. The van der Waals surface area contributed by atoms with Crippen molar-refractivity contribution >= 4 is 5.91 Å². The third-order valence-electron chi connectivity index (χ3n) is 5.24. The number of rotatable bonds is 6. The van der Waals surface area contributed by atoms with Crippen molar-refractivity contribution in [3.63, 3.8) is 0 Å². The Labute approximate surface area is 168 Å². The smallest absolute Gasteiger partial charge is 0.249 e. The largest absolute Gasteiger partial charge is 0.494 e. The highest BCUT2D eigenvalue weighted by Crippen LogP contribution is 2.34. The highest BCUT2D eigenvalue weighted by molar-refractivity contribution is 5.78. The standard InChI is InChI=1S/C22H22FN3O3/c1-3-14-4-7-16(8-5-14)21-24-22(29-25-21)18-9-11-20(27)26(18)13-15-6-10-19(28-2)17(23)12-15/h4-8,10,12,18H,3,9,11,13H2,1-2H3. The molecule has 1 saturated heterocycles. The number of nitrogens with zero attached hydrogens (tertiary/aromatic N) is 3. The van der Waals surface area contributed by atoms with E-state index in [2.05, 4.69) is 17.1 Å². The minimum Gasteiger partial charge on any atom is -0.494 e. The molecular weight excluding hydrogens is 373 g/mol. The van der Waals surface area contributed by atoms with Crippen LogP contribution in [0.25, 0.3) is 11.4 Å². The zero-order chi connectivity index (χ0) is 20.4. The van der Waals surface area contributed by atoms with Crippen LogP contribution in [0.1, 0.15) is 42.8 Å². The van der Waals surface area contributed by atoms with Crippen LogP contribution in [-0.4, -0.2) is 28.1 Å². The molecule has 1 aliphatic rings. The molecule has 1 fully saturated rings. The molecule has 150 valence electrons. The van der Waals surface area contributed by atoms with E-state index in [0.717, 1.165) is 12.0 Å². The predicted octanol–water partition coefficient (Wildman–Crippen LogP) is 4.31. The monoisotopic (exact) mass is 395 g/mol. The summed E-state index contributed by atoms with van der Waals surface area (Å²) in [5, 5.41) is 4.09. The van der Waals surface area contributed by atoms with E-state index < -0.39 is 5.82 Å². The van der Waals surface area contributed by atoms with Gasteiger partial charge in [-0.15, -0.1) is 0 Å². The number of likely N-dealkylation sites (tertiary alicyclic amines) is 1. The van der Waals surface area contributed by atoms with E-state index in [1.807, 2.05) is 24.3 Å². The van der Waals surface area contributed by atoms with Crippen molar-refractivity contribution in [3.8, 4) is 17.1 Å². The highest BCUT2D eigenvalue weighted by Gasteiger charge is 2.36. The molecule has 1 aliphatic heterocycles. The van der Waals surface area contributed by atoms with Gasteiger partial charge < -0.3 is 14.2 Å². The van der Waals surface area contributed by atoms with Crippen molar-refractivity contribution in [2.45, 2.75) is 38.8 Å².